The molecule has 1 fully saturated rings. The minimum Gasteiger partial charge on any atom is -0.348 e. The van der Waals surface area contributed by atoms with Crippen LogP contribution in [-0.2, 0) is 6.42 Å². The third-order valence-corrected chi connectivity index (χ3v) is 5.05. The van der Waals surface area contributed by atoms with Crippen LogP contribution in [0.2, 0.25) is 0 Å². The molecule has 6 heteroatoms. The van der Waals surface area contributed by atoms with E-state index in [0.29, 0.717) is 17.7 Å². The molecule has 2 heterocycles. The highest BCUT2D eigenvalue weighted by Crippen LogP contribution is 2.17. The third kappa shape index (κ3) is 5.81. The summed E-state index contributed by atoms with van der Waals surface area (Å²) in [6.07, 6.45) is 5.00. The third-order valence-electron chi connectivity index (χ3n) is 5.05. The van der Waals surface area contributed by atoms with Crippen molar-refractivity contribution in [3.63, 3.8) is 0 Å². The zero-order valence-corrected chi connectivity index (χ0v) is 17.3. The van der Waals surface area contributed by atoms with E-state index in [1.807, 2.05) is 23.9 Å². The second kappa shape index (κ2) is 9.90. The van der Waals surface area contributed by atoms with E-state index in [4.69, 9.17) is 0 Å². The number of hydrogen-bond donors (Lipinski definition) is 2. The quantitative estimate of drug-likeness (QED) is 0.790. The number of piperidine rings is 1. The van der Waals surface area contributed by atoms with E-state index in [1.165, 1.54) is 11.1 Å². The molecule has 1 aliphatic heterocycles. The minimum atomic E-state index is -0.0983. The van der Waals surface area contributed by atoms with Crippen molar-refractivity contribution in [2.75, 3.05) is 13.1 Å². The lowest BCUT2D eigenvalue weighted by atomic mass is 9.99. The smallest absolute Gasteiger partial charge is 0.271 e. The lowest BCUT2D eigenvalue weighted by Gasteiger charge is -2.22. The van der Waals surface area contributed by atoms with Gasteiger partial charge in [-0.25, -0.2) is 0 Å². The first kappa shape index (κ1) is 21.5. The topological polar surface area (TPSA) is 59.0 Å². The van der Waals surface area contributed by atoms with E-state index in [2.05, 4.69) is 53.8 Å². The van der Waals surface area contributed by atoms with E-state index in [9.17, 15) is 4.79 Å². The number of rotatable bonds is 6. The molecule has 2 aromatic rings. The number of hydrogen-bond acceptors (Lipinski definition) is 3. The first-order chi connectivity index (χ1) is 12.5. The van der Waals surface area contributed by atoms with Crippen LogP contribution in [0.5, 0.6) is 0 Å². The number of aromatic nitrogens is 2. The SMILES string of the molecule is CC(Cc1ccc(C(C)C)cc1)NC(=O)c1ccn(C2CCCNC2)n1.Cl. The summed E-state index contributed by atoms with van der Waals surface area (Å²) < 4.78 is 1.93. The van der Waals surface area contributed by atoms with Crippen molar-refractivity contribution < 1.29 is 4.79 Å². The van der Waals surface area contributed by atoms with Crippen molar-refractivity contribution in [3.8, 4) is 0 Å². The van der Waals surface area contributed by atoms with Gasteiger partial charge >= 0.3 is 0 Å². The van der Waals surface area contributed by atoms with Crippen LogP contribution >= 0.6 is 12.4 Å². The highest BCUT2D eigenvalue weighted by Gasteiger charge is 2.18. The molecule has 0 aliphatic carbocycles. The van der Waals surface area contributed by atoms with Gasteiger partial charge in [-0.15, -0.1) is 12.4 Å². The van der Waals surface area contributed by atoms with Crippen LogP contribution in [-0.4, -0.2) is 34.8 Å². The van der Waals surface area contributed by atoms with Crippen LogP contribution in [0, 0.1) is 0 Å². The number of benzene rings is 1. The summed E-state index contributed by atoms with van der Waals surface area (Å²) in [5.41, 5.74) is 3.08. The molecule has 0 bridgehead atoms. The van der Waals surface area contributed by atoms with Crippen molar-refractivity contribution >= 4 is 18.3 Å². The van der Waals surface area contributed by atoms with Gasteiger partial charge < -0.3 is 10.6 Å². The molecule has 1 aliphatic rings. The van der Waals surface area contributed by atoms with Crippen molar-refractivity contribution in [1.29, 1.82) is 0 Å². The first-order valence-corrected chi connectivity index (χ1v) is 9.68. The Morgan fingerprint density at radius 1 is 1.26 bits per heavy atom. The molecule has 3 rings (SSSR count). The van der Waals surface area contributed by atoms with Gasteiger partial charge in [0.25, 0.3) is 5.91 Å². The second-order valence-corrected chi connectivity index (χ2v) is 7.66. The molecule has 2 atom stereocenters. The molecule has 1 aromatic carbocycles. The van der Waals surface area contributed by atoms with Crippen LogP contribution in [0.25, 0.3) is 0 Å². The number of carbonyl (C=O) groups is 1. The molecule has 148 valence electrons. The number of halogens is 1. The van der Waals surface area contributed by atoms with E-state index < -0.39 is 0 Å². The number of carbonyl (C=O) groups excluding carboxylic acids is 1. The van der Waals surface area contributed by atoms with E-state index in [-0.39, 0.29) is 24.4 Å². The fourth-order valence-electron chi connectivity index (χ4n) is 3.46. The highest BCUT2D eigenvalue weighted by atomic mass is 35.5. The van der Waals surface area contributed by atoms with Crippen molar-refractivity contribution in [2.45, 2.75) is 58.0 Å². The predicted octanol–water partition coefficient (Wildman–Crippen LogP) is 3.71. The number of nitrogens with zero attached hydrogens (tertiary/aromatic N) is 2. The summed E-state index contributed by atoms with van der Waals surface area (Å²) in [4.78, 5) is 12.5. The maximum Gasteiger partial charge on any atom is 0.271 e. The van der Waals surface area contributed by atoms with Gasteiger partial charge in [0.15, 0.2) is 0 Å². The van der Waals surface area contributed by atoms with Crippen LogP contribution in [0.3, 0.4) is 0 Å². The molecule has 5 nitrogen and oxygen atoms in total. The van der Waals surface area contributed by atoms with Crippen LogP contribution in [0.4, 0.5) is 0 Å². The highest BCUT2D eigenvalue weighted by molar-refractivity contribution is 5.92. The van der Waals surface area contributed by atoms with Crippen molar-refractivity contribution in [1.82, 2.24) is 20.4 Å². The molecular weight excluding hydrogens is 360 g/mol. The molecule has 1 saturated heterocycles. The van der Waals surface area contributed by atoms with E-state index in [0.717, 1.165) is 32.4 Å². The summed E-state index contributed by atoms with van der Waals surface area (Å²) >= 11 is 0. The van der Waals surface area contributed by atoms with Crippen LogP contribution in [0.1, 0.15) is 67.2 Å². The van der Waals surface area contributed by atoms with Gasteiger partial charge in [0.2, 0.25) is 0 Å². The standard InChI is InChI=1S/C21H30N4O.ClH/c1-15(2)18-8-6-17(7-9-18)13-16(3)23-21(26)20-10-12-25(24-20)19-5-4-11-22-14-19;/h6-10,12,15-16,19,22H,4-5,11,13-14H2,1-3H3,(H,23,26);1H. The Balaban J connectivity index is 0.00000261. The second-order valence-electron chi connectivity index (χ2n) is 7.66. The minimum absolute atomic E-state index is 0. The molecule has 27 heavy (non-hydrogen) atoms. The summed E-state index contributed by atoms with van der Waals surface area (Å²) in [6, 6.07) is 10.9. The van der Waals surface area contributed by atoms with Gasteiger partial charge in [-0.05, 0) is 55.8 Å². The molecule has 1 amide bonds. The zero-order valence-electron chi connectivity index (χ0n) is 16.4. The average Bonchev–Trinajstić information content (AvgIpc) is 3.13. The fraction of sp³-hybridized carbons (Fsp3) is 0.524. The molecule has 0 radical (unpaired) electrons. The Kier molecular flexibility index (Phi) is 7.87. The van der Waals surface area contributed by atoms with Crippen LogP contribution < -0.4 is 10.6 Å². The number of amides is 1. The summed E-state index contributed by atoms with van der Waals surface area (Å²) in [5.74, 6) is 0.439. The summed E-state index contributed by atoms with van der Waals surface area (Å²) in [7, 11) is 0. The summed E-state index contributed by atoms with van der Waals surface area (Å²) in [6.45, 7) is 8.42. The van der Waals surface area contributed by atoms with Crippen LogP contribution in [0.15, 0.2) is 36.5 Å². The monoisotopic (exact) mass is 390 g/mol. The molecule has 0 spiro atoms. The Bertz CT molecular complexity index is 720. The van der Waals surface area contributed by atoms with E-state index >= 15 is 0 Å². The Labute approximate surface area is 168 Å². The molecule has 0 saturated carbocycles. The Hall–Kier alpha value is -1.85. The van der Waals surface area contributed by atoms with Gasteiger partial charge in [-0.3, -0.25) is 9.48 Å². The predicted molar refractivity (Wildman–Crippen MR) is 112 cm³/mol. The Morgan fingerprint density at radius 3 is 2.63 bits per heavy atom. The van der Waals surface area contributed by atoms with Gasteiger partial charge in [-0.2, -0.15) is 5.10 Å². The molecule has 2 N–H and O–H groups in total. The van der Waals surface area contributed by atoms with E-state index in [1.54, 1.807) is 0 Å². The Morgan fingerprint density at radius 2 is 2.00 bits per heavy atom. The maximum absolute atomic E-state index is 12.5. The first-order valence-electron chi connectivity index (χ1n) is 9.68. The lowest BCUT2D eigenvalue weighted by molar-refractivity contribution is 0.0933. The fourth-order valence-corrected chi connectivity index (χ4v) is 3.46. The largest absolute Gasteiger partial charge is 0.348 e. The average molecular weight is 391 g/mol. The summed E-state index contributed by atoms with van der Waals surface area (Å²) in [5, 5.41) is 10.9. The van der Waals surface area contributed by atoms with Crippen molar-refractivity contribution in [3.05, 3.63) is 53.3 Å². The zero-order chi connectivity index (χ0) is 18.5. The lowest BCUT2D eigenvalue weighted by Crippen LogP contribution is -2.35. The molecule has 1 aromatic heterocycles. The number of nitrogens with one attached hydrogen (secondary N) is 2. The normalized spacial score (nSPS) is 18.0. The molecule has 2 unspecified atom stereocenters. The van der Waals surface area contributed by atoms with Crippen molar-refractivity contribution in [2.24, 2.45) is 0 Å². The van der Waals surface area contributed by atoms with Gasteiger partial charge in [0, 0.05) is 18.8 Å². The molecular formula is C21H31ClN4O. The van der Waals surface area contributed by atoms with Gasteiger partial charge in [0.05, 0.1) is 6.04 Å². The van der Waals surface area contributed by atoms with Gasteiger partial charge in [-0.1, -0.05) is 38.1 Å². The van der Waals surface area contributed by atoms with Gasteiger partial charge in [0.1, 0.15) is 5.69 Å². The maximum atomic E-state index is 12.5.